The van der Waals surface area contributed by atoms with Crippen LogP contribution >= 0.6 is 0 Å². The van der Waals surface area contributed by atoms with Gasteiger partial charge in [-0.25, -0.2) is 0 Å². The molecule has 1 aliphatic heterocycles. The Kier molecular flexibility index (Phi) is 4.87. The summed E-state index contributed by atoms with van der Waals surface area (Å²) in [5, 5.41) is 11.0. The molecule has 5 aromatic rings. The standard InChI is InChI=1S/C36H30O2/c1-23-12-14-24(15-13-23)20-25-21-26(16-18-33(25)37)36(27-17-19-34-32(22-27)35(2,3)38-34)30-10-6-4-8-28(30)29-9-5-7-11-31(29)36/h4-19,21-22,37H,20H2,1-3H3. The van der Waals surface area contributed by atoms with Crippen molar-refractivity contribution in [2.24, 2.45) is 0 Å². The van der Waals surface area contributed by atoms with E-state index < -0.39 is 5.41 Å². The predicted octanol–water partition coefficient (Wildman–Crippen LogP) is 8.28. The second-order valence-electron chi connectivity index (χ2n) is 11.2. The molecule has 0 spiro atoms. The normalized spacial score (nSPS) is 15.6. The summed E-state index contributed by atoms with van der Waals surface area (Å²) in [6.07, 6.45) is 0.671. The summed E-state index contributed by atoms with van der Waals surface area (Å²) in [4.78, 5) is 0. The van der Waals surface area contributed by atoms with Crippen LogP contribution in [0.1, 0.15) is 58.4 Å². The van der Waals surface area contributed by atoms with Gasteiger partial charge < -0.3 is 9.84 Å². The van der Waals surface area contributed by atoms with Gasteiger partial charge in [0.1, 0.15) is 17.1 Å². The Morgan fingerprint density at radius 1 is 0.658 bits per heavy atom. The lowest BCUT2D eigenvalue weighted by molar-refractivity contribution is 0.0516. The maximum atomic E-state index is 11.0. The van der Waals surface area contributed by atoms with E-state index in [9.17, 15) is 5.11 Å². The molecule has 0 saturated heterocycles. The molecule has 2 aliphatic rings. The molecule has 1 heterocycles. The van der Waals surface area contributed by atoms with Crippen LogP contribution in [0.5, 0.6) is 11.5 Å². The Morgan fingerprint density at radius 2 is 1.26 bits per heavy atom. The van der Waals surface area contributed by atoms with Gasteiger partial charge in [-0.2, -0.15) is 0 Å². The molecule has 0 bridgehead atoms. The van der Waals surface area contributed by atoms with E-state index in [2.05, 4.69) is 124 Å². The fraction of sp³-hybridized carbons (Fsp3) is 0.167. The second kappa shape index (κ2) is 8.10. The van der Waals surface area contributed by atoms with E-state index in [0.29, 0.717) is 12.2 Å². The molecule has 0 atom stereocenters. The number of phenolic OH excluding ortho intramolecular Hbond substituents is 1. The molecule has 0 amide bonds. The topological polar surface area (TPSA) is 29.5 Å². The van der Waals surface area contributed by atoms with Gasteiger partial charge in [-0.3, -0.25) is 0 Å². The van der Waals surface area contributed by atoms with Crippen LogP contribution in [0.4, 0.5) is 0 Å². The number of aryl methyl sites for hydroxylation is 1. The molecule has 5 aromatic carbocycles. The molecule has 0 unspecified atom stereocenters. The van der Waals surface area contributed by atoms with Crippen LogP contribution < -0.4 is 4.74 Å². The Hall–Kier alpha value is -4.30. The van der Waals surface area contributed by atoms with E-state index in [1.165, 1.54) is 44.5 Å². The van der Waals surface area contributed by atoms with E-state index in [1.54, 1.807) is 0 Å². The van der Waals surface area contributed by atoms with Crippen LogP contribution in [0.15, 0.2) is 109 Å². The Balaban J connectivity index is 1.51. The number of hydrogen-bond donors (Lipinski definition) is 1. The quantitative estimate of drug-likeness (QED) is 0.267. The molecule has 2 nitrogen and oxygen atoms in total. The summed E-state index contributed by atoms with van der Waals surface area (Å²) in [7, 11) is 0. The Labute approximate surface area is 224 Å². The first kappa shape index (κ1) is 22.9. The van der Waals surface area contributed by atoms with Crippen LogP contribution in [0.2, 0.25) is 0 Å². The summed E-state index contributed by atoms with van der Waals surface area (Å²) < 4.78 is 6.04. The van der Waals surface area contributed by atoms with Gasteiger partial charge in [-0.05, 0) is 83.5 Å². The van der Waals surface area contributed by atoms with Gasteiger partial charge >= 0.3 is 0 Å². The molecule has 0 saturated carbocycles. The number of benzene rings is 5. The van der Waals surface area contributed by atoms with Crippen molar-refractivity contribution >= 4 is 0 Å². The molecule has 186 valence electrons. The van der Waals surface area contributed by atoms with E-state index in [1.807, 2.05) is 6.07 Å². The van der Waals surface area contributed by atoms with Gasteiger partial charge in [0.25, 0.3) is 0 Å². The lowest BCUT2D eigenvalue weighted by Crippen LogP contribution is -2.36. The summed E-state index contributed by atoms with van der Waals surface area (Å²) in [5.41, 5.74) is 11.2. The molecule has 0 radical (unpaired) electrons. The number of aromatic hydroxyl groups is 1. The third-order valence-corrected chi connectivity index (χ3v) is 8.41. The van der Waals surface area contributed by atoms with Crippen LogP contribution in [-0.2, 0) is 17.4 Å². The van der Waals surface area contributed by atoms with E-state index in [0.717, 1.165) is 16.9 Å². The average molecular weight is 495 g/mol. The highest BCUT2D eigenvalue weighted by Crippen LogP contribution is 2.57. The average Bonchev–Trinajstić information content (AvgIpc) is 3.22. The van der Waals surface area contributed by atoms with Crippen LogP contribution in [0.3, 0.4) is 0 Å². The van der Waals surface area contributed by atoms with E-state index in [4.69, 9.17) is 4.74 Å². The molecular weight excluding hydrogens is 464 g/mol. The monoisotopic (exact) mass is 494 g/mol. The van der Waals surface area contributed by atoms with Gasteiger partial charge in [0.15, 0.2) is 0 Å². The minimum Gasteiger partial charge on any atom is -0.508 e. The van der Waals surface area contributed by atoms with Crippen LogP contribution in [-0.4, -0.2) is 5.11 Å². The first-order chi connectivity index (χ1) is 18.4. The van der Waals surface area contributed by atoms with E-state index in [-0.39, 0.29) is 5.60 Å². The van der Waals surface area contributed by atoms with Crippen LogP contribution in [0.25, 0.3) is 11.1 Å². The molecule has 38 heavy (non-hydrogen) atoms. The summed E-state index contributed by atoms with van der Waals surface area (Å²) in [6.45, 7) is 6.35. The van der Waals surface area contributed by atoms with Crippen molar-refractivity contribution in [2.45, 2.75) is 38.2 Å². The maximum absolute atomic E-state index is 11.0. The number of ether oxygens (including phenoxy) is 1. The van der Waals surface area contributed by atoms with Gasteiger partial charge in [-0.15, -0.1) is 0 Å². The number of hydrogen-bond acceptors (Lipinski definition) is 2. The minimum atomic E-state index is -0.510. The van der Waals surface area contributed by atoms with Gasteiger partial charge in [0.2, 0.25) is 0 Å². The van der Waals surface area contributed by atoms with Crippen molar-refractivity contribution in [3.63, 3.8) is 0 Å². The lowest BCUT2D eigenvalue weighted by atomic mass is 9.66. The largest absolute Gasteiger partial charge is 0.508 e. The SMILES string of the molecule is Cc1ccc(Cc2cc(C3(c4ccc5c(c4)C(C)(C)O5)c4ccccc4-c4ccccc43)ccc2O)cc1. The smallest absolute Gasteiger partial charge is 0.132 e. The van der Waals surface area contributed by atoms with E-state index >= 15 is 0 Å². The zero-order valence-corrected chi connectivity index (χ0v) is 22.0. The number of phenols is 1. The van der Waals surface area contributed by atoms with Crippen LogP contribution in [0, 0.1) is 6.92 Å². The second-order valence-corrected chi connectivity index (χ2v) is 11.2. The third-order valence-electron chi connectivity index (χ3n) is 8.41. The minimum absolute atomic E-state index is 0.310. The molecule has 2 heteroatoms. The number of rotatable bonds is 4. The van der Waals surface area contributed by atoms with Crippen molar-refractivity contribution in [3.8, 4) is 22.6 Å². The summed E-state index contributed by atoms with van der Waals surface area (Å²) in [5.74, 6) is 1.29. The van der Waals surface area contributed by atoms with Gasteiger partial charge in [-0.1, -0.05) is 96.6 Å². The maximum Gasteiger partial charge on any atom is 0.132 e. The molecule has 1 N–H and O–H groups in total. The Bertz CT molecular complexity index is 1660. The zero-order chi connectivity index (χ0) is 26.1. The van der Waals surface area contributed by atoms with Crippen molar-refractivity contribution in [3.05, 3.63) is 154 Å². The lowest BCUT2D eigenvalue weighted by Gasteiger charge is -2.41. The molecule has 7 rings (SSSR count). The predicted molar refractivity (Wildman–Crippen MR) is 153 cm³/mol. The highest BCUT2D eigenvalue weighted by molar-refractivity contribution is 5.86. The Morgan fingerprint density at radius 3 is 1.92 bits per heavy atom. The third kappa shape index (κ3) is 3.20. The van der Waals surface area contributed by atoms with Crippen molar-refractivity contribution in [2.75, 3.05) is 0 Å². The zero-order valence-electron chi connectivity index (χ0n) is 22.0. The number of fused-ring (bicyclic) bond motifs is 4. The van der Waals surface area contributed by atoms with Gasteiger partial charge in [0.05, 0.1) is 5.41 Å². The highest BCUT2D eigenvalue weighted by Gasteiger charge is 2.47. The first-order valence-corrected chi connectivity index (χ1v) is 13.3. The highest BCUT2D eigenvalue weighted by atomic mass is 16.5. The first-order valence-electron chi connectivity index (χ1n) is 13.3. The molecule has 0 aromatic heterocycles. The van der Waals surface area contributed by atoms with Crippen molar-refractivity contribution < 1.29 is 9.84 Å². The molecule has 1 aliphatic carbocycles. The molecular formula is C36H30O2. The fourth-order valence-electron chi connectivity index (χ4n) is 6.52. The van der Waals surface area contributed by atoms with Crippen molar-refractivity contribution in [1.29, 1.82) is 0 Å². The fourth-order valence-corrected chi connectivity index (χ4v) is 6.52. The summed E-state index contributed by atoms with van der Waals surface area (Å²) in [6, 6.07) is 39.0. The molecule has 0 fully saturated rings. The summed E-state index contributed by atoms with van der Waals surface area (Å²) >= 11 is 0. The van der Waals surface area contributed by atoms with Crippen molar-refractivity contribution in [1.82, 2.24) is 0 Å². The van der Waals surface area contributed by atoms with Gasteiger partial charge in [0, 0.05) is 12.0 Å².